The Morgan fingerprint density at radius 2 is 1.88 bits per heavy atom. The minimum Gasteiger partial charge on any atom is -0.452 e. The van der Waals surface area contributed by atoms with E-state index in [9.17, 15) is 9.59 Å². The number of hydrogen-bond donors (Lipinski definition) is 1. The number of esters is 1. The van der Waals surface area contributed by atoms with Crippen LogP contribution in [-0.4, -0.2) is 25.0 Å². The number of halogens is 1. The Morgan fingerprint density at radius 1 is 1.08 bits per heavy atom. The van der Waals surface area contributed by atoms with Crippen molar-refractivity contribution in [1.82, 2.24) is 5.32 Å². The maximum Gasteiger partial charge on any atom is 0.331 e. The van der Waals surface area contributed by atoms with Gasteiger partial charge in [0.1, 0.15) is 0 Å². The van der Waals surface area contributed by atoms with E-state index in [1.807, 2.05) is 24.3 Å². The van der Waals surface area contributed by atoms with Gasteiger partial charge in [0.25, 0.3) is 5.91 Å². The number of aryl methyl sites for hydroxylation is 1. The zero-order chi connectivity index (χ0) is 17.9. The van der Waals surface area contributed by atoms with Gasteiger partial charge < -0.3 is 10.1 Å². The normalized spacial score (nSPS) is 10.6. The molecular weight excluding hydrogens is 338 g/mol. The zero-order valence-corrected chi connectivity index (χ0v) is 14.5. The monoisotopic (exact) mass is 357 g/mol. The van der Waals surface area contributed by atoms with Crippen molar-refractivity contribution in [2.45, 2.75) is 12.8 Å². The van der Waals surface area contributed by atoms with Crippen molar-refractivity contribution >= 4 is 29.6 Å². The van der Waals surface area contributed by atoms with Crippen molar-refractivity contribution in [3.05, 3.63) is 76.8 Å². The van der Waals surface area contributed by atoms with Crippen LogP contribution in [0.4, 0.5) is 0 Å². The highest BCUT2D eigenvalue weighted by Crippen LogP contribution is 2.11. The number of carbonyl (C=O) groups is 2. The van der Waals surface area contributed by atoms with Crippen LogP contribution >= 0.6 is 11.6 Å². The molecule has 0 unspecified atom stereocenters. The molecule has 1 amide bonds. The van der Waals surface area contributed by atoms with Crippen LogP contribution < -0.4 is 5.32 Å². The standard InChI is InChI=1S/C20H20ClNO3/c21-18-10-4-8-17(14-18)11-12-20(24)25-15-19(23)22-13-5-9-16-6-2-1-3-7-16/h1-4,6-8,10-12,14H,5,9,13,15H2,(H,22,23)/b12-11+. The number of rotatable bonds is 8. The molecule has 4 nitrogen and oxygen atoms in total. The number of ether oxygens (including phenoxy) is 1. The predicted octanol–water partition coefficient (Wildman–Crippen LogP) is 3.65. The summed E-state index contributed by atoms with van der Waals surface area (Å²) in [6.45, 7) is 0.258. The van der Waals surface area contributed by atoms with E-state index >= 15 is 0 Å². The largest absolute Gasteiger partial charge is 0.452 e. The Morgan fingerprint density at radius 3 is 2.64 bits per heavy atom. The molecule has 25 heavy (non-hydrogen) atoms. The van der Waals surface area contributed by atoms with Gasteiger partial charge in [-0.3, -0.25) is 4.79 Å². The van der Waals surface area contributed by atoms with E-state index in [1.54, 1.807) is 24.3 Å². The second kappa shape index (κ2) is 10.3. The molecule has 130 valence electrons. The molecule has 0 spiro atoms. The molecule has 0 aliphatic rings. The summed E-state index contributed by atoms with van der Waals surface area (Å²) >= 11 is 5.86. The zero-order valence-electron chi connectivity index (χ0n) is 13.8. The van der Waals surface area contributed by atoms with E-state index in [-0.39, 0.29) is 12.5 Å². The summed E-state index contributed by atoms with van der Waals surface area (Å²) < 4.78 is 4.90. The molecule has 0 saturated carbocycles. The van der Waals surface area contributed by atoms with Crippen LogP contribution in [0.25, 0.3) is 6.08 Å². The number of nitrogens with one attached hydrogen (secondary N) is 1. The second-order valence-electron chi connectivity index (χ2n) is 5.44. The smallest absolute Gasteiger partial charge is 0.331 e. The van der Waals surface area contributed by atoms with E-state index in [4.69, 9.17) is 16.3 Å². The molecule has 0 bridgehead atoms. The topological polar surface area (TPSA) is 55.4 Å². The Balaban J connectivity index is 1.61. The minimum atomic E-state index is -0.570. The highest BCUT2D eigenvalue weighted by atomic mass is 35.5. The fourth-order valence-electron chi connectivity index (χ4n) is 2.18. The number of amides is 1. The number of hydrogen-bond acceptors (Lipinski definition) is 3. The van der Waals surface area contributed by atoms with Crippen LogP contribution in [0.1, 0.15) is 17.5 Å². The summed E-state index contributed by atoms with van der Waals surface area (Å²) in [5.41, 5.74) is 2.02. The summed E-state index contributed by atoms with van der Waals surface area (Å²) in [4.78, 5) is 23.2. The average Bonchev–Trinajstić information content (AvgIpc) is 2.63. The van der Waals surface area contributed by atoms with Crippen LogP contribution in [0.5, 0.6) is 0 Å². The first-order chi connectivity index (χ1) is 12.1. The van der Waals surface area contributed by atoms with E-state index in [1.165, 1.54) is 11.6 Å². The molecule has 5 heteroatoms. The minimum absolute atomic E-state index is 0.288. The summed E-state index contributed by atoms with van der Waals surface area (Å²) in [6, 6.07) is 17.1. The molecule has 0 saturated heterocycles. The Kier molecular flexibility index (Phi) is 7.73. The van der Waals surface area contributed by atoms with Gasteiger partial charge >= 0.3 is 5.97 Å². The fourth-order valence-corrected chi connectivity index (χ4v) is 2.37. The third-order valence-corrected chi connectivity index (χ3v) is 3.65. The van der Waals surface area contributed by atoms with Gasteiger partial charge in [0, 0.05) is 17.6 Å². The Labute approximate surface area is 152 Å². The molecule has 2 aromatic carbocycles. The summed E-state index contributed by atoms with van der Waals surface area (Å²) in [6.07, 6.45) is 4.59. The van der Waals surface area contributed by atoms with Crippen molar-refractivity contribution in [3.8, 4) is 0 Å². The van der Waals surface area contributed by atoms with Gasteiger partial charge in [0.2, 0.25) is 0 Å². The summed E-state index contributed by atoms with van der Waals surface area (Å²) in [7, 11) is 0. The highest BCUT2D eigenvalue weighted by molar-refractivity contribution is 6.30. The van der Waals surface area contributed by atoms with Gasteiger partial charge in [0.15, 0.2) is 6.61 Å². The Hall–Kier alpha value is -2.59. The maximum atomic E-state index is 11.6. The van der Waals surface area contributed by atoms with Crippen molar-refractivity contribution in [2.75, 3.05) is 13.2 Å². The molecule has 2 aromatic rings. The lowest BCUT2D eigenvalue weighted by Crippen LogP contribution is -2.29. The molecule has 0 heterocycles. The van der Waals surface area contributed by atoms with Gasteiger partial charge in [-0.15, -0.1) is 0 Å². The molecule has 0 atom stereocenters. The molecule has 1 N–H and O–H groups in total. The fraction of sp³-hybridized carbons (Fsp3) is 0.200. The molecule has 0 radical (unpaired) electrons. The van der Waals surface area contributed by atoms with Crippen LogP contribution in [0.2, 0.25) is 5.02 Å². The van der Waals surface area contributed by atoms with Gasteiger partial charge in [-0.2, -0.15) is 0 Å². The van der Waals surface area contributed by atoms with E-state index in [2.05, 4.69) is 17.4 Å². The van der Waals surface area contributed by atoms with E-state index in [0.29, 0.717) is 11.6 Å². The van der Waals surface area contributed by atoms with Crippen LogP contribution in [0.3, 0.4) is 0 Å². The molecule has 2 rings (SSSR count). The maximum absolute atomic E-state index is 11.6. The van der Waals surface area contributed by atoms with E-state index in [0.717, 1.165) is 18.4 Å². The molecular formula is C20H20ClNO3. The van der Waals surface area contributed by atoms with Crippen molar-refractivity contribution in [1.29, 1.82) is 0 Å². The molecule has 0 aliphatic heterocycles. The predicted molar refractivity (Wildman–Crippen MR) is 99.2 cm³/mol. The lowest BCUT2D eigenvalue weighted by molar-refractivity contribution is -0.143. The average molecular weight is 358 g/mol. The van der Waals surface area contributed by atoms with Gasteiger partial charge in [0.05, 0.1) is 0 Å². The first kappa shape index (κ1) is 18.7. The number of benzene rings is 2. The third-order valence-electron chi connectivity index (χ3n) is 3.41. The molecule has 0 aromatic heterocycles. The van der Waals surface area contributed by atoms with Crippen LogP contribution in [0.15, 0.2) is 60.7 Å². The van der Waals surface area contributed by atoms with Crippen LogP contribution in [0, 0.1) is 0 Å². The SMILES string of the molecule is O=C(COC(=O)/C=C/c1cccc(Cl)c1)NCCCc1ccccc1. The first-order valence-corrected chi connectivity index (χ1v) is 8.42. The van der Waals surface area contributed by atoms with Crippen molar-refractivity contribution in [2.24, 2.45) is 0 Å². The summed E-state index contributed by atoms with van der Waals surface area (Å²) in [5.74, 6) is -0.878. The number of carbonyl (C=O) groups excluding carboxylic acids is 2. The summed E-state index contributed by atoms with van der Waals surface area (Å²) in [5, 5.41) is 3.32. The third kappa shape index (κ3) is 7.68. The lowest BCUT2D eigenvalue weighted by Gasteiger charge is -2.05. The van der Waals surface area contributed by atoms with Crippen molar-refractivity contribution < 1.29 is 14.3 Å². The lowest BCUT2D eigenvalue weighted by atomic mass is 10.1. The highest BCUT2D eigenvalue weighted by Gasteiger charge is 2.04. The quantitative estimate of drug-likeness (QED) is 0.446. The van der Waals surface area contributed by atoms with Gasteiger partial charge in [-0.05, 0) is 42.2 Å². The van der Waals surface area contributed by atoms with Crippen LogP contribution in [-0.2, 0) is 20.7 Å². The molecule has 0 fully saturated rings. The van der Waals surface area contributed by atoms with Crippen molar-refractivity contribution in [3.63, 3.8) is 0 Å². The first-order valence-electron chi connectivity index (χ1n) is 8.04. The molecule has 0 aliphatic carbocycles. The van der Waals surface area contributed by atoms with Gasteiger partial charge in [-0.25, -0.2) is 4.79 Å². The Bertz CT molecular complexity index is 729. The second-order valence-corrected chi connectivity index (χ2v) is 5.87. The van der Waals surface area contributed by atoms with Gasteiger partial charge in [-0.1, -0.05) is 54.1 Å². The van der Waals surface area contributed by atoms with E-state index < -0.39 is 5.97 Å².